The van der Waals surface area contributed by atoms with Crippen molar-refractivity contribution in [1.82, 2.24) is 24.9 Å². The zero-order valence-corrected chi connectivity index (χ0v) is 80.4. The van der Waals surface area contributed by atoms with Crippen molar-refractivity contribution in [3.05, 3.63) is 296 Å². The highest BCUT2D eigenvalue weighted by molar-refractivity contribution is 6.13. The first-order chi connectivity index (χ1) is 71.4. The standard InChI is InChI=1S/3C24H27N2O.2C23H25N2O/c3*1-14(2)11-18-12-21(26(6)13-16(18)4)22-15(3)7-9-19-20-10-8-17(5)25-24(20)27-23(19)22;2*1-14(2)11-17-12-20(25(5)13-16(17)4)21-15(3)8-9-18-19-7-6-10-24-23(19)26-22(18)21/h3*7-10,12-14H,11H2,1-6H3;2*6-10,12-14H,11H2,1-5H3/q5*+1/i4D3,11D2;4D3;;1D3,4D3,11D2,14D;4D3. The van der Waals surface area contributed by atoms with Gasteiger partial charge < -0.3 is 22.1 Å². The summed E-state index contributed by atoms with van der Waals surface area (Å²) in [6.45, 7) is 23.1. The molecule has 1 unspecified atom stereocenters. The number of aromatic nitrogens is 10. The van der Waals surface area contributed by atoms with Crippen LogP contribution in [0.3, 0.4) is 0 Å². The molecule has 0 fully saturated rings. The molecule has 0 amide bonds. The van der Waals surface area contributed by atoms with E-state index in [1.807, 2.05) is 143 Å². The quantitative estimate of drug-likeness (QED) is 0.0908. The molecule has 0 aliphatic heterocycles. The number of hydrogen-bond donors (Lipinski definition) is 0. The highest BCUT2D eigenvalue weighted by atomic mass is 16.4. The summed E-state index contributed by atoms with van der Waals surface area (Å²) in [5.41, 5.74) is 27.9. The summed E-state index contributed by atoms with van der Waals surface area (Å²) in [5, 5.41) is 9.61. The van der Waals surface area contributed by atoms with Crippen molar-refractivity contribution < 1.29 is 72.3 Å². The number of hydrogen-bond acceptors (Lipinski definition) is 10. The smallest absolute Gasteiger partial charge is 0.227 e. The molecule has 20 rings (SSSR count). The van der Waals surface area contributed by atoms with E-state index in [0.717, 1.165) is 168 Å². The zero-order chi connectivity index (χ0) is 112. The summed E-state index contributed by atoms with van der Waals surface area (Å²) in [6, 6.07) is 49.5. The topological polar surface area (TPSA) is 150 Å². The molecule has 133 heavy (non-hydrogen) atoms. The predicted molar refractivity (Wildman–Crippen MR) is 545 cm³/mol. The van der Waals surface area contributed by atoms with E-state index >= 15 is 0 Å². The number of pyridine rings is 10. The average molecular weight is 1790 g/mol. The van der Waals surface area contributed by atoms with Crippen molar-refractivity contribution in [3.63, 3.8) is 0 Å². The first kappa shape index (κ1) is 70.4. The van der Waals surface area contributed by atoms with Crippen molar-refractivity contribution in [2.75, 3.05) is 0 Å². The lowest BCUT2D eigenvalue weighted by Crippen LogP contribution is -2.32. The fourth-order valence-corrected chi connectivity index (χ4v) is 18.2. The second-order valence-corrected chi connectivity index (χ2v) is 37.2. The van der Waals surface area contributed by atoms with Crippen LogP contribution in [0.1, 0.15) is 197 Å². The van der Waals surface area contributed by atoms with Crippen LogP contribution in [0, 0.1) is 119 Å². The van der Waals surface area contributed by atoms with Crippen LogP contribution in [0.15, 0.2) is 217 Å². The molecule has 0 radical (unpaired) electrons. The lowest BCUT2D eigenvalue weighted by Gasteiger charge is -2.11. The number of furan rings is 5. The van der Waals surface area contributed by atoms with Crippen LogP contribution in [0.2, 0.25) is 0 Å². The van der Waals surface area contributed by atoms with Crippen LogP contribution in [0.25, 0.3) is 167 Å². The molecule has 15 heterocycles. The molecule has 0 bridgehead atoms. The number of nitrogens with zero attached hydrogens (tertiary/aromatic N) is 10. The molecular weight excluding hydrogens is 1640 g/mol. The summed E-state index contributed by atoms with van der Waals surface area (Å²) in [6.07, 6.45) is 9.72. The van der Waals surface area contributed by atoms with E-state index in [1.54, 1.807) is 74.0 Å². The molecular formula is C118H131N10O5+5. The normalized spacial score (nSPS) is 15.2. The van der Waals surface area contributed by atoms with Crippen LogP contribution >= 0.6 is 0 Å². The highest BCUT2D eigenvalue weighted by Gasteiger charge is 2.30. The summed E-state index contributed by atoms with van der Waals surface area (Å²) in [5.74, 6) is -1.70. The predicted octanol–water partition coefficient (Wildman–Crippen LogP) is 27.4. The van der Waals surface area contributed by atoms with Crippen molar-refractivity contribution in [2.24, 2.45) is 64.8 Å². The molecule has 15 nitrogen and oxygen atoms in total. The van der Waals surface area contributed by atoms with Gasteiger partial charge in [0.1, 0.15) is 35.2 Å². The summed E-state index contributed by atoms with van der Waals surface area (Å²) in [4.78, 5) is 22.3. The van der Waals surface area contributed by atoms with E-state index in [1.165, 1.54) is 40.8 Å². The second kappa shape index (κ2) is 38.1. The number of rotatable bonds is 15. The Morgan fingerprint density at radius 1 is 0.286 bits per heavy atom. The van der Waals surface area contributed by atoms with Gasteiger partial charge in [0.15, 0.2) is 58.9 Å². The number of aryl methyl sites for hydroxylation is 18. The molecule has 20 aromatic rings. The third kappa shape index (κ3) is 18.8. The Morgan fingerprint density at radius 3 is 0.812 bits per heavy atom. The molecule has 15 aromatic heterocycles. The van der Waals surface area contributed by atoms with Gasteiger partial charge in [0, 0.05) is 169 Å². The SMILES string of the molecule is Cc1ccc2c(n1)oc1c(-c3cc(CC(C)C)c(C)c[n+]3C)c(C)ccc12.[2H]C([2H])([2H])c1c[n+](C)c(-c2c(C)ccc3c2oc2nc(C)ccc23)cc1C([2H])([2H])C(C)C.[2H]C([2H])([2H])c1c[n+](C)c(-c2c(C)ccc3c2oc2nc(C)ccc23)cc1CC(C)C.[2H]C([2H])([2H])c1c[n+](C)c(-c2c(C)ccc3c2oc2ncccc23)cc1C([2H])([2H])C([2H])(C)C([2H])([2H])[2H].[2H]C([2H])([2H])c1c[n+](C)c(-c2c(C)ccc3c2oc2ncccc23)cc1CC(C)C. The molecule has 15 heteroatoms. The lowest BCUT2D eigenvalue weighted by molar-refractivity contribution is -0.660. The minimum absolute atomic E-state index is 0.0224. The fourth-order valence-electron chi connectivity index (χ4n) is 18.2. The maximum atomic E-state index is 8.71. The Kier molecular flexibility index (Phi) is 20.1. The molecule has 0 spiro atoms. The van der Waals surface area contributed by atoms with Crippen LogP contribution in [0.5, 0.6) is 0 Å². The monoisotopic (exact) mass is 1790 g/mol. The van der Waals surface area contributed by atoms with E-state index in [-0.39, 0.29) is 22.3 Å². The summed E-state index contributed by atoms with van der Waals surface area (Å²) in [7, 11) is 9.32. The minimum Gasteiger partial charge on any atom is -0.437 e. The van der Waals surface area contributed by atoms with Crippen LogP contribution in [-0.4, -0.2) is 24.9 Å². The maximum Gasteiger partial charge on any atom is 0.227 e. The molecule has 678 valence electrons. The van der Waals surface area contributed by atoms with Gasteiger partial charge in [-0.2, -0.15) is 0 Å². The van der Waals surface area contributed by atoms with E-state index in [4.69, 9.17) is 49.5 Å². The average Bonchev–Trinajstić information content (AvgIpc) is 1.50. The summed E-state index contributed by atoms with van der Waals surface area (Å²) >= 11 is 0. The van der Waals surface area contributed by atoms with Crippen LogP contribution < -0.4 is 22.8 Å². The third-order valence-corrected chi connectivity index (χ3v) is 24.6. The first-order valence-electron chi connectivity index (χ1n) is 55.5. The summed E-state index contributed by atoms with van der Waals surface area (Å²) < 4.78 is 203. The van der Waals surface area contributed by atoms with Crippen molar-refractivity contribution >= 4 is 110 Å². The zero-order valence-electron chi connectivity index (χ0n) is 100. The molecule has 0 aliphatic carbocycles. The molecule has 1 atom stereocenters. The molecule has 0 saturated heterocycles. The third-order valence-electron chi connectivity index (χ3n) is 24.6. The van der Waals surface area contributed by atoms with Gasteiger partial charge in [-0.25, -0.2) is 47.8 Å². The lowest BCUT2D eigenvalue weighted by atomic mass is 9.95. The van der Waals surface area contributed by atoms with E-state index < -0.39 is 58.8 Å². The molecule has 0 saturated carbocycles. The Balaban J connectivity index is 0.000000136. The van der Waals surface area contributed by atoms with Crippen molar-refractivity contribution in [3.8, 4) is 56.3 Å². The van der Waals surface area contributed by atoms with Crippen LogP contribution in [-0.2, 0) is 67.2 Å². The number of benzene rings is 5. The maximum absolute atomic E-state index is 8.71. The molecule has 0 N–H and O–H groups in total. The van der Waals surface area contributed by atoms with Crippen LogP contribution in [0.4, 0.5) is 0 Å². The van der Waals surface area contributed by atoms with E-state index in [9.17, 15) is 0 Å². The Bertz CT molecular complexity index is 8810. The molecule has 5 aromatic carbocycles. The largest absolute Gasteiger partial charge is 0.437 e. The van der Waals surface area contributed by atoms with E-state index in [0.29, 0.717) is 98.4 Å². The Morgan fingerprint density at radius 2 is 0.534 bits per heavy atom. The van der Waals surface area contributed by atoms with E-state index in [2.05, 4.69) is 160 Å². The minimum atomic E-state index is -3.01. The van der Waals surface area contributed by atoms with Gasteiger partial charge in [-0.1, -0.05) is 130 Å². The van der Waals surface area contributed by atoms with Crippen molar-refractivity contribution in [2.45, 2.75) is 191 Å². The van der Waals surface area contributed by atoms with Gasteiger partial charge in [0.2, 0.25) is 57.0 Å². The van der Waals surface area contributed by atoms with Crippen molar-refractivity contribution in [1.29, 1.82) is 0 Å². The second-order valence-electron chi connectivity index (χ2n) is 37.2. The first-order valence-corrected chi connectivity index (χ1v) is 45.5. The number of fused-ring (bicyclic) bond motifs is 15. The molecule has 0 aliphatic rings. The van der Waals surface area contributed by atoms with Gasteiger partial charge >= 0.3 is 0 Å². The van der Waals surface area contributed by atoms with Gasteiger partial charge in [0.25, 0.3) is 0 Å². The fraction of sp³-hybridized carbons (Fsp3) is 0.322. The highest BCUT2D eigenvalue weighted by Crippen LogP contribution is 2.44. The van der Waals surface area contributed by atoms with Gasteiger partial charge in [-0.15, -0.1) is 0 Å². The Labute approximate surface area is 811 Å². The van der Waals surface area contributed by atoms with Gasteiger partial charge in [-0.05, 0) is 268 Å². The Hall–Kier alpha value is -13.4. The van der Waals surface area contributed by atoms with Gasteiger partial charge in [0.05, 0.1) is 27.8 Å². The van der Waals surface area contributed by atoms with Gasteiger partial charge in [-0.3, -0.25) is 0 Å².